The van der Waals surface area contributed by atoms with Crippen molar-refractivity contribution in [1.82, 2.24) is 15.0 Å². The maximum Gasteiger partial charge on any atom is 0.321 e. The van der Waals surface area contributed by atoms with Crippen molar-refractivity contribution in [3.05, 3.63) is 5.28 Å². The van der Waals surface area contributed by atoms with Gasteiger partial charge < -0.3 is 4.74 Å². The van der Waals surface area contributed by atoms with E-state index in [1.54, 1.807) is 11.8 Å². The Morgan fingerprint density at radius 2 is 1.94 bits per heavy atom. The minimum Gasteiger partial charge on any atom is -0.461 e. The molecule has 1 atom stereocenters. The second-order valence-electron chi connectivity index (χ2n) is 3.67. The van der Waals surface area contributed by atoms with Gasteiger partial charge in [-0.05, 0) is 31.9 Å². The maximum absolute atomic E-state index is 5.80. The third-order valence-electron chi connectivity index (χ3n) is 1.79. The van der Waals surface area contributed by atoms with Crippen LogP contribution in [0.5, 0.6) is 6.01 Å². The number of ether oxygens (including phenoxy) is 1. The smallest absolute Gasteiger partial charge is 0.321 e. The van der Waals surface area contributed by atoms with Crippen LogP contribution in [0.15, 0.2) is 5.16 Å². The van der Waals surface area contributed by atoms with Crippen LogP contribution in [-0.2, 0) is 0 Å². The number of nitrogens with zero attached hydrogens (tertiary/aromatic N) is 3. The van der Waals surface area contributed by atoms with Gasteiger partial charge in [-0.25, -0.2) is 0 Å². The van der Waals surface area contributed by atoms with E-state index in [4.69, 9.17) is 16.3 Å². The Morgan fingerprint density at radius 3 is 2.50 bits per heavy atom. The van der Waals surface area contributed by atoms with Crippen LogP contribution in [0, 0.1) is 0 Å². The zero-order chi connectivity index (χ0) is 12.1. The molecule has 16 heavy (non-hydrogen) atoms. The SMILES string of the molecule is CCC(C)Sc1nc(Cl)nc(OC(C)C)n1. The van der Waals surface area contributed by atoms with Crippen molar-refractivity contribution in [1.29, 1.82) is 0 Å². The molecular formula is C10H16ClN3OS. The number of hydrogen-bond donors (Lipinski definition) is 0. The molecule has 1 aromatic rings. The van der Waals surface area contributed by atoms with E-state index in [0.29, 0.717) is 16.4 Å². The highest BCUT2D eigenvalue weighted by molar-refractivity contribution is 7.99. The summed E-state index contributed by atoms with van der Waals surface area (Å²) in [5, 5.41) is 1.24. The normalized spacial score (nSPS) is 12.9. The molecule has 0 aliphatic carbocycles. The predicted molar refractivity (Wildman–Crippen MR) is 66.2 cm³/mol. The fourth-order valence-corrected chi connectivity index (χ4v) is 1.89. The highest BCUT2D eigenvalue weighted by Crippen LogP contribution is 2.23. The van der Waals surface area contributed by atoms with E-state index in [2.05, 4.69) is 28.8 Å². The Labute approximate surface area is 105 Å². The third kappa shape index (κ3) is 4.53. The molecule has 0 aliphatic rings. The molecule has 1 unspecified atom stereocenters. The van der Waals surface area contributed by atoms with Gasteiger partial charge in [0.2, 0.25) is 5.28 Å². The molecule has 6 heteroatoms. The van der Waals surface area contributed by atoms with Gasteiger partial charge in [-0.15, -0.1) is 0 Å². The summed E-state index contributed by atoms with van der Waals surface area (Å²) in [5.74, 6) is 0. The topological polar surface area (TPSA) is 47.9 Å². The summed E-state index contributed by atoms with van der Waals surface area (Å²) in [6, 6.07) is 0.292. The molecule has 0 amide bonds. The van der Waals surface area contributed by atoms with E-state index in [1.807, 2.05) is 13.8 Å². The van der Waals surface area contributed by atoms with Crippen molar-refractivity contribution in [3.63, 3.8) is 0 Å². The summed E-state index contributed by atoms with van der Waals surface area (Å²) in [6.45, 7) is 8.07. The van der Waals surface area contributed by atoms with Crippen LogP contribution in [0.25, 0.3) is 0 Å². The first-order valence-electron chi connectivity index (χ1n) is 5.26. The summed E-state index contributed by atoms with van der Waals surface area (Å²) < 4.78 is 5.39. The number of halogens is 1. The van der Waals surface area contributed by atoms with Gasteiger partial charge in [0, 0.05) is 5.25 Å². The van der Waals surface area contributed by atoms with E-state index >= 15 is 0 Å². The first kappa shape index (κ1) is 13.5. The Balaban J connectivity index is 2.81. The first-order valence-corrected chi connectivity index (χ1v) is 6.52. The average Bonchev–Trinajstić information content (AvgIpc) is 2.15. The largest absolute Gasteiger partial charge is 0.461 e. The van der Waals surface area contributed by atoms with E-state index in [0.717, 1.165) is 6.42 Å². The fourth-order valence-electron chi connectivity index (χ4n) is 0.894. The van der Waals surface area contributed by atoms with Gasteiger partial charge in [-0.3, -0.25) is 0 Å². The molecular weight excluding hydrogens is 246 g/mol. The highest BCUT2D eigenvalue weighted by Gasteiger charge is 2.10. The van der Waals surface area contributed by atoms with E-state index < -0.39 is 0 Å². The lowest BCUT2D eigenvalue weighted by Crippen LogP contribution is -2.10. The number of hydrogen-bond acceptors (Lipinski definition) is 5. The van der Waals surface area contributed by atoms with Crippen LogP contribution >= 0.6 is 23.4 Å². The van der Waals surface area contributed by atoms with Crippen molar-refractivity contribution in [3.8, 4) is 6.01 Å². The Kier molecular flexibility index (Phi) is 5.28. The molecule has 1 rings (SSSR count). The Morgan fingerprint density at radius 1 is 1.25 bits per heavy atom. The van der Waals surface area contributed by atoms with Gasteiger partial charge in [0.1, 0.15) is 0 Å². The van der Waals surface area contributed by atoms with E-state index in [9.17, 15) is 0 Å². The van der Waals surface area contributed by atoms with Crippen LogP contribution in [0.1, 0.15) is 34.1 Å². The lowest BCUT2D eigenvalue weighted by molar-refractivity contribution is 0.219. The molecule has 0 fully saturated rings. The summed E-state index contributed by atoms with van der Waals surface area (Å²) in [6.07, 6.45) is 1.08. The average molecular weight is 262 g/mol. The first-order chi connectivity index (χ1) is 7.51. The van der Waals surface area contributed by atoms with Gasteiger partial charge >= 0.3 is 6.01 Å². The Bertz CT molecular complexity index is 349. The number of thioether (sulfide) groups is 1. The van der Waals surface area contributed by atoms with Crippen LogP contribution in [-0.4, -0.2) is 26.3 Å². The summed E-state index contributed by atoms with van der Waals surface area (Å²) in [4.78, 5) is 12.2. The number of aromatic nitrogens is 3. The van der Waals surface area contributed by atoms with Crippen molar-refractivity contribution in [2.75, 3.05) is 0 Å². The van der Waals surface area contributed by atoms with Crippen LogP contribution in [0.4, 0.5) is 0 Å². The molecule has 0 aromatic carbocycles. The second-order valence-corrected chi connectivity index (χ2v) is 5.42. The van der Waals surface area contributed by atoms with Gasteiger partial charge in [0.05, 0.1) is 6.10 Å². The maximum atomic E-state index is 5.80. The van der Waals surface area contributed by atoms with Gasteiger partial charge in [-0.2, -0.15) is 15.0 Å². The Hall–Kier alpha value is -0.550. The lowest BCUT2D eigenvalue weighted by Gasteiger charge is -2.10. The van der Waals surface area contributed by atoms with E-state index in [-0.39, 0.29) is 11.4 Å². The molecule has 0 radical (unpaired) electrons. The molecule has 4 nitrogen and oxygen atoms in total. The zero-order valence-electron chi connectivity index (χ0n) is 9.90. The minimum atomic E-state index is 0.0277. The van der Waals surface area contributed by atoms with Crippen molar-refractivity contribution in [2.45, 2.75) is 50.6 Å². The lowest BCUT2D eigenvalue weighted by atomic mass is 10.4. The van der Waals surface area contributed by atoms with Crippen LogP contribution < -0.4 is 4.74 Å². The van der Waals surface area contributed by atoms with Crippen molar-refractivity contribution in [2.24, 2.45) is 0 Å². The minimum absolute atomic E-state index is 0.0277. The standard InChI is InChI=1S/C10H16ClN3OS/c1-5-7(4)16-10-13-8(11)12-9(14-10)15-6(2)3/h6-7H,5H2,1-4H3. The molecule has 0 spiro atoms. The summed E-state index contributed by atoms with van der Waals surface area (Å²) in [7, 11) is 0. The molecule has 0 N–H and O–H groups in total. The molecule has 0 aliphatic heterocycles. The third-order valence-corrected chi connectivity index (χ3v) is 3.09. The molecule has 0 saturated carbocycles. The zero-order valence-corrected chi connectivity index (χ0v) is 11.5. The van der Waals surface area contributed by atoms with Gasteiger partial charge in [0.15, 0.2) is 5.16 Å². The summed E-state index contributed by atoms with van der Waals surface area (Å²) in [5.41, 5.74) is 0. The van der Waals surface area contributed by atoms with Gasteiger partial charge in [0.25, 0.3) is 0 Å². The van der Waals surface area contributed by atoms with Crippen LogP contribution in [0.2, 0.25) is 5.28 Å². The molecule has 1 heterocycles. The number of rotatable bonds is 5. The van der Waals surface area contributed by atoms with Crippen LogP contribution in [0.3, 0.4) is 0 Å². The monoisotopic (exact) mass is 261 g/mol. The van der Waals surface area contributed by atoms with Crippen molar-refractivity contribution >= 4 is 23.4 Å². The molecule has 1 aromatic heterocycles. The fraction of sp³-hybridized carbons (Fsp3) is 0.700. The van der Waals surface area contributed by atoms with Gasteiger partial charge in [-0.1, -0.05) is 25.6 Å². The van der Waals surface area contributed by atoms with Crippen molar-refractivity contribution < 1.29 is 4.74 Å². The second kappa shape index (κ2) is 6.25. The molecule has 0 saturated heterocycles. The molecule has 90 valence electrons. The summed E-state index contributed by atoms with van der Waals surface area (Å²) >= 11 is 7.38. The highest BCUT2D eigenvalue weighted by atomic mass is 35.5. The van der Waals surface area contributed by atoms with E-state index in [1.165, 1.54) is 0 Å². The molecule has 0 bridgehead atoms. The predicted octanol–water partition coefficient (Wildman–Crippen LogP) is 3.20. The quantitative estimate of drug-likeness (QED) is 0.762.